The fourth-order valence-electron chi connectivity index (χ4n) is 2.41. The third-order valence-electron chi connectivity index (χ3n) is 3.26. The number of hydrogen-bond donors (Lipinski definition) is 2. The van der Waals surface area contributed by atoms with E-state index >= 15 is 0 Å². The first-order chi connectivity index (χ1) is 9.38. The molecule has 4 nitrogen and oxygen atoms in total. The molecule has 0 radical (unpaired) electrons. The fraction of sp³-hybridized carbons (Fsp3) is 0.625. The van der Waals surface area contributed by atoms with Crippen molar-refractivity contribution < 1.29 is 14.6 Å². The highest BCUT2D eigenvalue weighted by molar-refractivity contribution is 5.40. The number of rotatable bonds is 8. The van der Waals surface area contributed by atoms with Crippen LogP contribution in [0.2, 0.25) is 0 Å². The molecule has 0 heterocycles. The minimum absolute atomic E-state index is 0.0634. The second-order valence-corrected chi connectivity index (χ2v) is 6.00. The van der Waals surface area contributed by atoms with Crippen molar-refractivity contribution in [2.24, 2.45) is 5.41 Å². The number of benzene rings is 1. The quantitative estimate of drug-likeness (QED) is 0.769. The summed E-state index contributed by atoms with van der Waals surface area (Å²) >= 11 is 0. The Morgan fingerprint density at radius 3 is 2.50 bits per heavy atom. The van der Waals surface area contributed by atoms with Gasteiger partial charge in [0.05, 0.1) is 20.3 Å². The highest BCUT2D eigenvalue weighted by Crippen LogP contribution is 2.25. The molecule has 4 heteroatoms. The van der Waals surface area contributed by atoms with Gasteiger partial charge >= 0.3 is 0 Å². The molecular weight excluding hydrogens is 254 g/mol. The van der Waals surface area contributed by atoms with Crippen molar-refractivity contribution >= 4 is 0 Å². The highest BCUT2D eigenvalue weighted by Gasteiger charge is 2.19. The van der Waals surface area contributed by atoms with Crippen LogP contribution >= 0.6 is 0 Å². The van der Waals surface area contributed by atoms with Gasteiger partial charge in [-0.2, -0.15) is 0 Å². The lowest BCUT2D eigenvalue weighted by molar-refractivity contribution is 0.128. The predicted molar refractivity (Wildman–Crippen MR) is 81.3 cm³/mol. The third-order valence-corrected chi connectivity index (χ3v) is 3.26. The zero-order valence-electron chi connectivity index (χ0n) is 13.2. The number of aliphatic hydroxyl groups is 1. The minimum Gasteiger partial charge on any atom is -0.497 e. The smallest absolute Gasteiger partial charge is 0.127 e. The van der Waals surface area contributed by atoms with E-state index in [1.807, 2.05) is 25.1 Å². The molecule has 0 amide bonds. The number of aliphatic hydroxyl groups excluding tert-OH is 1. The first kappa shape index (κ1) is 16.8. The maximum atomic E-state index is 9.48. The van der Waals surface area contributed by atoms with Crippen molar-refractivity contribution in [3.8, 4) is 11.5 Å². The van der Waals surface area contributed by atoms with Crippen molar-refractivity contribution in [2.45, 2.75) is 39.8 Å². The molecule has 0 fully saturated rings. The van der Waals surface area contributed by atoms with E-state index in [2.05, 4.69) is 19.2 Å². The average Bonchev–Trinajstić information content (AvgIpc) is 2.37. The lowest BCUT2D eigenvalue weighted by atomic mass is 9.87. The normalized spacial score (nSPS) is 13.1. The number of hydrogen-bond acceptors (Lipinski definition) is 4. The first-order valence-electron chi connectivity index (χ1n) is 6.97. The van der Waals surface area contributed by atoms with Gasteiger partial charge in [0.1, 0.15) is 11.5 Å². The Bertz CT molecular complexity index is 416. The largest absolute Gasteiger partial charge is 0.497 e. The summed E-state index contributed by atoms with van der Waals surface area (Å²) in [6, 6.07) is 5.82. The Kier molecular flexibility index (Phi) is 6.30. The highest BCUT2D eigenvalue weighted by atomic mass is 16.5. The molecule has 0 spiro atoms. The summed E-state index contributed by atoms with van der Waals surface area (Å²) in [5, 5.41) is 12.9. The Labute approximate surface area is 122 Å². The Morgan fingerprint density at radius 2 is 1.95 bits per heavy atom. The molecule has 114 valence electrons. The van der Waals surface area contributed by atoms with Crippen LogP contribution in [-0.4, -0.2) is 32.0 Å². The molecule has 1 unspecified atom stereocenters. The molecule has 0 aliphatic carbocycles. The van der Waals surface area contributed by atoms with Gasteiger partial charge in [-0.05, 0) is 24.8 Å². The Morgan fingerprint density at radius 1 is 1.25 bits per heavy atom. The van der Waals surface area contributed by atoms with E-state index in [4.69, 9.17) is 9.47 Å². The van der Waals surface area contributed by atoms with Gasteiger partial charge in [0.15, 0.2) is 0 Å². The molecule has 0 aliphatic rings. The SMILES string of the molecule is COc1ccc(CNCC(C)(C)CC(C)O)c(OC)c1. The summed E-state index contributed by atoms with van der Waals surface area (Å²) in [4.78, 5) is 0. The van der Waals surface area contributed by atoms with Crippen molar-refractivity contribution in [3.63, 3.8) is 0 Å². The second-order valence-electron chi connectivity index (χ2n) is 6.00. The van der Waals surface area contributed by atoms with Crippen LogP contribution in [0.1, 0.15) is 32.8 Å². The molecule has 1 rings (SSSR count). The summed E-state index contributed by atoms with van der Waals surface area (Å²) in [5.41, 5.74) is 1.16. The average molecular weight is 281 g/mol. The van der Waals surface area contributed by atoms with Gasteiger partial charge in [-0.3, -0.25) is 0 Å². The summed E-state index contributed by atoms with van der Waals surface area (Å²) in [7, 11) is 3.31. The minimum atomic E-state index is -0.276. The molecule has 20 heavy (non-hydrogen) atoms. The fourth-order valence-corrected chi connectivity index (χ4v) is 2.41. The van der Waals surface area contributed by atoms with E-state index in [-0.39, 0.29) is 11.5 Å². The molecule has 0 bridgehead atoms. The third kappa shape index (κ3) is 5.39. The van der Waals surface area contributed by atoms with E-state index < -0.39 is 0 Å². The van der Waals surface area contributed by atoms with Crippen LogP contribution in [0, 0.1) is 5.41 Å². The van der Waals surface area contributed by atoms with Crippen LogP contribution in [0.25, 0.3) is 0 Å². The van der Waals surface area contributed by atoms with Crippen molar-refractivity contribution in [2.75, 3.05) is 20.8 Å². The van der Waals surface area contributed by atoms with Crippen LogP contribution in [0.5, 0.6) is 11.5 Å². The molecule has 1 aromatic carbocycles. The van der Waals surface area contributed by atoms with Gasteiger partial charge in [0, 0.05) is 24.7 Å². The summed E-state index contributed by atoms with van der Waals surface area (Å²) < 4.78 is 10.6. The summed E-state index contributed by atoms with van der Waals surface area (Å²) in [6.07, 6.45) is 0.502. The Balaban J connectivity index is 2.57. The van der Waals surface area contributed by atoms with Crippen LogP contribution in [-0.2, 0) is 6.54 Å². The maximum absolute atomic E-state index is 9.48. The van der Waals surface area contributed by atoms with Crippen molar-refractivity contribution in [1.82, 2.24) is 5.32 Å². The van der Waals surface area contributed by atoms with E-state index in [1.54, 1.807) is 14.2 Å². The molecule has 0 aliphatic heterocycles. The van der Waals surface area contributed by atoms with Gasteiger partial charge in [0.2, 0.25) is 0 Å². The van der Waals surface area contributed by atoms with E-state index in [9.17, 15) is 5.11 Å². The monoisotopic (exact) mass is 281 g/mol. The maximum Gasteiger partial charge on any atom is 0.127 e. The first-order valence-corrected chi connectivity index (χ1v) is 6.97. The van der Waals surface area contributed by atoms with Crippen molar-refractivity contribution in [1.29, 1.82) is 0 Å². The molecule has 0 aromatic heterocycles. The lowest BCUT2D eigenvalue weighted by Crippen LogP contribution is -2.31. The lowest BCUT2D eigenvalue weighted by Gasteiger charge is -2.26. The van der Waals surface area contributed by atoms with Crippen LogP contribution in [0.15, 0.2) is 18.2 Å². The topological polar surface area (TPSA) is 50.7 Å². The second kappa shape index (κ2) is 7.50. The molecule has 1 atom stereocenters. The van der Waals surface area contributed by atoms with Crippen LogP contribution < -0.4 is 14.8 Å². The zero-order chi connectivity index (χ0) is 15.2. The van der Waals surface area contributed by atoms with E-state index in [0.717, 1.165) is 36.6 Å². The zero-order valence-corrected chi connectivity index (χ0v) is 13.2. The van der Waals surface area contributed by atoms with E-state index in [1.165, 1.54) is 0 Å². The Hall–Kier alpha value is -1.26. The van der Waals surface area contributed by atoms with Crippen LogP contribution in [0.4, 0.5) is 0 Å². The standard InChI is InChI=1S/C16H27NO3/c1-12(18)9-16(2,3)11-17-10-13-6-7-14(19-4)8-15(13)20-5/h6-8,12,17-18H,9-11H2,1-5H3. The van der Waals surface area contributed by atoms with Gasteiger partial charge < -0.3 is 19.9 Å². The summed E-state index contributed by atoms with van der Waals surface area (Å²) in [5.74, 6) is 1.62. The van der Waals surface area contributed by atoms with Gasteiger partial charge in [-0.1, -0.05) is 19.9 Å². The van der Waals surface area contributed by atoms with E-state index in [0.29, 0.717) is 0 Å². The van der Waals surface area contributed by atoms with Gasteiger partial charge in [-0.25, -0.2) is 0 Å². The summed E-state index contributed by atoms with van der Waals surface area (Å²) in [6.45, 7) is 7.70. The molecule has 0 saturated heterocycles. The molecular formula is C16H27NO3. The molecule has 2 N–H and O–H groups in total. The molecule has 1 aromatic rings. The van der Waals surface area contributed by atoms with Gasteiger partial charge in [0.25, 0.3) is 0 Å². The van der Waals surface area contributed by atoms with Gasteiger partial charge in [-0.15, -0.1) is 0 Å². The van der Waals surface area contributed by atoms with Crippen LogP contribution in [0.3, 0.4) is 0 Å². The number of ether oxygens (including phenoxy) is 2. The predicted octanol–water partition coefficient (Wildman–Crippen LogP) is 2.59. The molecule has 0 saturated carbocycles. The number of nitrogens with one attached hydrogen (secondary N) is 1. The van der Waals surface area contributed by atoms with Crippen molar-refractivity contribution in [3.05, 3.63) is 23.8 Å². The number of methoxy groups -OCH3 is 2.